The molecular weight excluding hydrogens is 222 g/mol. The van der Waals surface area contributed by atoms with Crippen LogP contribution in [0.2, 0.25) is 0 Å². The van der Waals surface area contributed by atoms with E-state index in [1.807, 2.05) is 24.3 Å². The minimum atomic E-state index is 0.0376. The number of rotatable bonds is 3. The molecule has 0 saturated carbocycles. The largest absolute Gasteiger partial charge is 0.347 e. The lowest BCUT2D eigenvalue weighted by atomic mass is 10.2. The SMILES string of the molecule is CS[C@H](C)C(=O)N1CCC[C@@H]1c1ncc[nH]1. The van der Waals surface area contributed by atoms with Crippen molar-refractivity contribution in [2.24, 2.45) is 0 Å². The van der Waals surface area contributed by atoms with Gasteiger partial charge in [-0.15, -0.1) is 0 Å². The second-order valence-electron chi connectivity index (χ2n) is 4.04. The number of likely N-dealkylation sites (tertiary alicyclic amines) is 1. The lowest BCUT2D eigenvalue weighted by Gasteiger charge is -2.25. The average Bonchev–Trinajstić information content (AvgIpc) is 2.95. The third-order valence-electron chi connectivity index (χ3n) is 3.07. The third-order valence-corrected chi connectivity index (χ3v) is 3.98. The van der Waals surface area contributed by atoms with Crippen molar-refractivity contribution < 1.29 is 4.79 Å². The first kappa shape index (κ1) is 11.5. The van der Waals surface area contributed by atoms with E-state index in [9.17, 15) is 4.79 Å². The van der Waals surface area contributed by atoms with Crippen LogP contribution in [0, 0.1) is 0 Å². The zero-order chi connectivity index (χ0) is 11.5. The number of carbonyl (C=O) groups excluding carboxylic acids is 1. The zero-order valence-electron chi connectivity index (χ0n) is 9.64. The Morgan fingerprint density at radius 1 is 1.75 bits per heavy atom. The topological polar surface area (TPSA) is 49.0 Å². The molecule has 0 radical (unpaired) electrons. The Labute approximate surface area is 99.8 Å². The van der Waals surface area contributed by atoms with E-state index in [4.69, 9.17) is 0 Å². The molecule has 0 spiro atoms. The molecule has 0 bridgehead atoms. The molecule has 5 heteroatoms. The van der Waals surface area contributed by atoms with Gasteiger partial charge in [-0.2, -0.15) is 11.8 Å². The second-order valence-corrected chi connectivity index (χ2v) is 5.22. The van der Waals surface area contributed by atoms with Crippen molar-refractivity contribution >= 4 is 17.7 Å². The number of carbonyl (C=O) groups is 1. The highest BCUT2D eigenvalue weighted by atomic mass is 32.2. The monoisotopic (exact) mass is 239 g/mol. The molecule has 2 atom stereocenters. The summed E-state index contributed by atoms with van der Waals surface area (Å²) in [6.45, 7) is 2.82. The summed E-state index contributed by atoms with van der Waals surface area (Å²) in [7, 11) is 0. The van der Waals surface area contributed by atoms with Crippen LogP contribution in [-0.2, 0) is 4.79 Å². The van der Waals surface area contributed by atoms with Gasteiger partial charge in [0.05, 0.1) is 11.3 Å². The summed E-state index contributed by atoms with van der Waals surface area (Å²) in [6.07, 6.45) is 7.61. The Morgan fingerprint density at radius 2 is 2.56 bits per heavy atom. The van der Waals surface area contributed by atoms with Crippen molar-refractivity contribution in [2.45, 2.75) is 31.1 Å². The van der Waals surface area contributed by atoms with Crippen molar-refractivity contribution in [3.63, 3.8) is 0 Å². The minimum absolute atomic E-state index is 0.0376. The minimum Gasteiger partial charge on any atom is -0.347 e. The summed E-state index contributed by atoms with van der Waals surface area (Å²) in [5, 5.41) is 0.0376. The van der Waals surface area contributed by atoms with Crippen molar-refractivity contribution in [3.8, 4) is 0 Å². The molecule has 2 heterocycles. The Morgan fingerprint density at radius 3 is 3.19 bits per heavy atom. The number of hydrogen-bond donors (Lipinski definition) is 1. The first-order valence-electron chi connectivity index (χ1n) is 5.56. The van der Waals surface area contributed by atoms with Crippen molar-refractivity contribution in [2.75, 3.05) is 12.8 Å². The van der Waals surface area contributed by atoms with Crippen molar-refractivity contribution in [3.05, 3.63) is 18.2 Å². The van der Waals surface area contributed by atoms with Gasteiger partial charge in [-0.3, -0.25) is 4.79 Å². The Balaban J connectivity index is 2.12. The summed E-state index contributed by atoms with van der Waals surface area (Å²) in [6, 6.07) is 0.150. The number of imidazole rings is 1. The Hall–Kier alpha value is -0.970. The van der Waals surface area contributed by atoms with Crippen LogP contribution >= 0.6 is 11.8 Å². The number of thioether (sulfide) groups is 1. The zero-order valence-corrected chi connectivity index (χ0v) is 10.5. The van der Waals surface area contributed by atoms with Crippen LogP contribution in [0.3, 0.4) is 0 Å². The van der Waals surface area contributed by atoms with Gasteiger partial charge in [-0.25, -0.2) is 4.98 Å². The maximum Gasteiger partial charge on any atom is 0.236 e. The summed E-state index contributed by atoms with van der Waals surface area (Å²) in [5.74, 6) is 1.14. The number of nitrogens with one attached hydrogen (secondary N) is 1. The van der Waals surface area contributed by atoms with Crippen LogP contribution in [0.15, 0.2) is 12.4 Å². The molecule has 1 aliphatic heterocycles. The van der Waals surface area contributed by atoms with E-state index in [0.29, 0.717) is 0 Å². The Bertz CT molecular complexity index is 352. The molecule has 1 aromatic heterocycles. The lowest BCUT2D eigenvalue weighted by molar-refractivity contribution is -0.131. The molecule has 1 aliphatic rings. The summed E-state index contributed by atoms with van der Waals surface area (Å²) >= 11 is 1.60. The van der Waals surface area contributed by atoms with Gasteiger partial charge in [0.15, 0.2) is 0 Å². The van der Waals surface area contributed by atoms with E-state index in [2.05, 4.69) is 9.97 Å². The second kappa shape index (κ2) is 4.91. The molecule has 16 heavy (non-hydrogen) atoms. The maximum atomic E-state index is 12.1. The van der Waals surface area contributed by atoms with Gasteiger partial charge < -0.3 is 9.88 Å². The van der Waals surface area contributed by atoms with Crippen LogP contribution in [-0.4, -0.2) is 38.8 Å². The van der Waals surface area contributed by atoms with Crippen molar-refractivity contribution in [1.29, 1.82) is 0 Å². The predicted molar refractivity (Wildman–Crippen MR) is 65.3 cm³/mol. The number of aromatic nitrogens is 2. The molecule has 4 nitrogen and oxygen atoms in total. The predicted octanol–water partition coefficient (Wildman–Crippen LogP) is 1.82. The van der Waals surface area contributed by atoms with Crippen LogP contribution in [0.1, 0.15) is 31.6 Å². The van der Waals surface area contributed by atoms with Crippen LogP contribution in [0.5, 0.6) is 0 Å². The molecule has 1 amide bonds. The van der Waals surface area contributed by atoms with Gasteiger partial charge in [-0.1, -0.05) is 0 Å². The highest BCUT2D eigenvalue weighted by molar-refractivity contribution is 7.99. The van der Waals surface area contributed by atoms with Crippen molar-refractivity contribution in [1.82, 2.24) is 14.9 Å². The van der Waals surface area contributed by atoms with E-state index in [-0.39, 0.29) is 17.2 Å². The lowest BCUT2D eigenvalue weighted by Crippen LogP contribution is -2.36. The quantitative estimate of drug-likeness (QED) is 0.875. The van der Waals surface area contributed by atoms with Crippen LogP contribution in [0.25, 0.3) is 0 Å². The fourth-order valence-electron chi connectivity index (χ4n) is 2.11. The van der Waals surface area contributed by atoms with E-state index in [1.165, 1.54) is 0 Å². The highest BCUT2D eigenvalue weighted by Gasteiger charge is 2.33. The van der Waals surface area contributed by atoms with E-state index in [1.54, 1.807) is 18.0 Å². The van der Waals surface area contributed by atoms with E-state index < -0.39 is 0 Å². The molecule has 1 aromatic rings. The summed E-state index contributed by atoms with van der Waals surface area (Å²) in [5.41, 5.74) is 0. The van der Waals surface area contributed by atoms with Gasteiger partial charge in [0, 0.05) is 18.9 Å². The summed E-state index contributed by atoms with van der Waals surface area (Å²) in [4.78, 5) is 21.5. The first-order chi connectivity index (χ1) is 7.74. The van der Waals surface area contributed by atoms with Gasteiger partial charge in [0.25, 0.3) is 0 Å². The van der Waals surface area contributed by atoms with E-state index >= 15 is 0 Å². The van der Waals surface area contributed by atoms with Gasteiger partial charge >= 0.3 is 0 Å². The summed E-state index contributed by atoms with van der Waals surface area (Å²) < 4.78 is 0. The third kappa shape index (κ3) is 2.09. The number of nitrogens with zero attached hydrogens (tertiary/aromatic N) is 2. The molecule has 1 saturated heterocycles. The average molecular weight is 239 g/mol. The van der Waals surface area contributed by atoms with Gasteiger partial charge in [-0.05, 0) is 26.0 Å². The van der Waals surface area contributed by atoms with Crippen LogP contribution in [0.4, 0.5) is 0 Å². The van der Waals surface area contributed by atoms with Gasteiger partial charge in [0.2, 0.25) is 5.91 Å². The Kier molecular flexibility index (Phi) is 3.53. The van der Waals surface area contributed by atoms with E-state index in [0.717, 1.165) is 25.2 Å². The number of hydrogen-bond acceptors (Lipinski definition) is 3. The maximum absolute atomic E-state index is 12.1. The first-order valence-corrected chi connectivity index (χ1v) is 6.85. The fraction of sp³-hybridized carbons (Fsp3) is 0.636. The number of amides is 1. The normalized spacial score (nSPS) is 22.4. The standard InChI is InChI=1S/C11H17N3OS/c1-8(16-2)11(15)14-7-3-4-9(14)10-12-5-6-13-10/h5-6,8-9H,3-4,7H2,1-2H3,(H,12,13)/t8-,9-/m1/s1. The number of H-pyrrole nitrogens is 1. The fourth-order valence-corrected chi connectivity index (χ4v) is 2.45. The molecular formula is C11H17N3OS. The molecule has 1 N–H and O–H groups in total. The molecule has 2 rings (SSSR count). The van der Waals surface area contributed by atoms with Crippen LogP contribution < -0.4 is 0 Å². The smallest absolute Gasteiger partial charge is 0.236 e. The molecule has 88 valence electrons. The molecule has 0 unspecified atom stereocenters. The molecule has 1 fully saturated rings. The molecule has 0 aliphatic carbocycles. The highest BCUT2D eigenvalue weighted by Crippen LogP contribution is 2.31. The molecule has 0 aromatic carbocycles. The number of aromatic amines is 1. The van der Waals surface area contributed by atoms with Gasteiger partial charge in [0.1, 0.15) is 5.82 Å².